The van der Waals surface area contributed by atoms with E-state index in [2.05, 4.69) is 11.8 Å². The zero-order valence-electron chi connectivity index (χ0n) is 11.6. The van der Waals surface area contributed by atoms with Gasteiger partial charge in [-0.1, -0.05) is 17.9 Å². The van der Waals surface area contributed by atoms with Crippen LogP contribution in [0.2, 0.25) is 0 Å². The Morgan fingerprint density at radius 3 is 2.74 bits per heavy atom. The average molecular weight is 260 g/mol. The highest BCUT2D eigenvalue weighted by molar-refractivity contribution is 5.94. The molecule has 4 heteroatoms. The molecule has 0 saturated carbocycles. The van der Waals surface area contributed by atoms with Gasteiger partial charge in [-0.25, -0.2) is 0 Å². The highest BCUT2D eigenvalue weighted by Gasteiger charge is 2.27. The molecule has 0 aromatic heterocycles. The summed E-state index contributed by atoms with van der Waals surface area (Å²) < 4.78 is 0. The van der Waals surface area contributed by atoms with E-state index in [9.17, 15) is 9.90 Å². The smallest absolute Gasteiger partial charge is 0.254 e. The summed E-state index contributed by atoms with van der Waals surface area (Å²) in [7, 11) is 1.68. The maximum atomic E-state index is 12.3. The van der Waals surface area contributed by atoms with Crippen molar-refractivity contribution >= 4 is 5.91 Å². The normalized spacial score (nSPS) is 10.6. The summed E-state index contributed by atoms with van der Waals surface area (Å²) in [6, 6.07) is 7.08. The molecule has 0 aliphatic heterocycles. The number of carbonyl (C=O) groups is 1. The van der Waals surface area contributed by atoms with Crippen molar-refractivity contribution in [1.82, 2.24) is 4.90 Å². The zero-order valence-corrected chi connectivity index (χ0v) is 11.6. The molecule has 0 saturated heterocycles. The van der Waals surface area contributed by atoms with Crippen molar-refractivity contribution in [2.24, 2.45) is 5.73 Å². The number of rotatable bonds is 3. The first kappa shape index (κ1) is 15.2. The maximum Gasteiger partial charge on any atom is 0.254 e. The number of hydrogen-bond acceptors (Lipinski definition) is 3. The number of hydrogen-bond donors (Lipinski definition) is 2. The van der Waals surface area contributed by atoms with Gasteiger partial charge in [0.1, 0.15) is 0 Å². The second-order valence-corrected chi connectivity index (χ2v) is 4.92. The Balaban J connectivity index is 3.00. The number of carbonyl (C=O) groups excluding carboxylic acids is 1. The van der Waals surface area contributed by atoms with E-state index in [1.54, 1.807) is 25.2 Å². The second kappa shape index (κ2) is 6.37. The third-order valence-electron chi connectivity index (χ3n) is 3.04. The first-order valence-electron chi connectivity index (χ1n) is 6.10. The number of amides is 1. The van der Waals surface area contributed by atoms with Crippen molar-refractivity contribution in [2.75, 3.05) is 20.2 Å². The molecule has 4 nitrogen and oxygen atoms in total. The van der Waals surface area contributed by atoms with E-state index in [-0.39, 0.29) is 19.1 Å². The molecule has 102 valence electrons. The molecule has 1 aromatic rings. The lowest BCUT2D eigenvalue weighted by molar-refractivity contribution is 0.0473. The van der Waals surface area contributed by atoms with E-state index in [1.807, 2.05) is 19.9 Å². The van der Waals surface area contributed by atoms with E-state index >= 15 is 0 Å². The van der Waals surface area contributed by atoms with Crippen molar-refractivity contribution in [1.29, 1.82) is 0 Å². The molecule has 0 spiro atoms. The molecule has 0 radical (unpaired) electrons. The fourth-order valence-corrected chi connectivity index (χ4v) is 1.46. The number of likely N-dealkylation sites (N-methyl/N-ethyl adjacent to an activating group) is 1. The lowest BCUT2D eigenvalue weighted by atomic mass is 10.0. The van der Waals surface area contributed by atoms with Crippen molar-refractivity contribution in [3.05, 3.63) is 35.4 Å². The molecule has 0 atom stereocenters. The van der Waals surface area contributed by atoms with Gasteiger partial charge in [-0.3, -0.25) is 4.79 Å². The van der Waals surface area contributed by atoms with Gasteiger partial charge in [0.25, 0.3) is 5.91 Å². The van der Waals surface area contributed by atoms with Crippen LogP contribution in [0.25, 0.3) is 0 Å². The van der Waals surface area contributed by atoms with E-state index in [1.165, 1.54) is 4.90 Å². The van der Waals surface area contributed by atoms with Crippen LogP contribution in [0, 0.1) is 11.8 Å². The summed E-state index contributed by atoms with van der Waals surface area (Å²) in [6.07, 6.45) is 0. The van der Waals surface area contributed by atoms with Gasteiger partial charge in [0.15, 0.2) is 0 Å². The van der Waals surface area contributed by atoms with Gasteiger partial charge in [0.2, 0.25) is 0 Å². The SMILES string of the molecule is CN(C(=O)c1cccc(C#CCN)c1)C(C)(C)CO. The van der Waals surface area contributed by atoms with Gasteiger partial charge in [0.05, 0.1) is 18.7 Å². The zero-order chi connectivity index (χ0) is 14.5. The predicted octanol–water partition coefficient (Wildman–Crippen LogP) is 0.840. The van der Waals surface area contributed by atoms with Crippen molar-refractivity contribution in [3.8, 4) is 11.8 Å². The van der Waals surface area contributed by atoms with Crippen LogP contribution in [-0.4, -0.2) is 41.7 Å². The number of nitrogens with two attached hydrogens (primary N) is 1. The summed E-state index contributed by atoms with van der Waals surface area (Å²) >= 11 is 0. The van der Waals surface area contributed by atoms with Gasteiger partial charge >= 0.3 is 0 Å². The molecule has 0 fully saturated rings. The van der Waals surface area contributed by atoms with E-state index in [4.69, 9.17) is 5.73 Å². The van der Waals surface area contributed by atoms with Crippen LogP contribution >= 0.6 is 0 Å². The van der Waals surface area contributed by atoms with Gasteiger partial charge in [-0.2, -0.15) is 0 Å². The Kier molecular flexibility index (Phi) is 5.11. The Morgan fingerprint density at radius 1 is 1.47 bits per heavy atom. The lowest BCUT2D eigenvalue weighted by Crippen LogP contribution is -2.47. The first-order chi connectivity index (χ1) is 8.92. The quantitative estimate of drug-likeness (QED) is 0.791. The maximum absolute atomic E-state index is 12.3. The topological polar surface area (TPSA) is 66.6 Å². The molecule has 0 heterocycles. The molecule has 3 N–H and O–H groups in total. The van der Waals surface area contributed by atoms with E-state index < -0.39 is 5.54 Å². The van der Waals surface area contributed by atoms with Crippen molar-refractivity contribution in [3.63, 3.8) is 0 Å². The highest BCUT2D eigenvalue weighted by atomic mass is 16.3. The molecular formula is C15H20N2O2. The van der Waals surface area contributed by atoms with Crippen LogP contribution in [0.4, 0.5) is 0 Å². The minimum absolute atomic E-state index is 0.0953. The summed E-state index contributed by atoms with van der Waals surface area (Å²) in [5.41, 5.74) is 6.02. The molecule has 0 aliphatic rings. The average Bonchev–Trinajstić information content (AvgIpc) is 2.43. The Morgan fingerprint density at radius 2 is 2.16 bits per heavy atom. The predicted molar refractivity (Wildman–Crippen MR) is 75.6 cm³/mol. The molecule has 1 amide bonds. The van der Waals surface area contributed by atoms with Gasteiger partial charge in [-0.15, -0.1) is 0 Å². The molecule has 1 aromatic carbocycles. The second-order valence-electron chi connectivity index (χ2n) is 4.92. The van der Waals surface area contributed by atoms with Crippen LogP contribution in [-0.2, 0) is 0 Å². The third-order valence-corrected chi connectivity index (χ3v) is 3.04. The Labute approximate surface area is 114 Å². The van der Waals surface area contributed by atoms with Crippen molar-refractivity contribution < 1.29 is 9.90 Å². The molecule has 0 bridgehead atoms. The lowest BCUT2D eigenvalue weighted by Gasteiger charge is -2.34. The van der Waals surface area contributed by atoms with Crippen molar-refractivity contribution in [2.45, 2.75) is 19.4 Å². The number of nitrogens with zero attached hydrogens (tertiary/aromatic N) is 1. The van der Waals surface area contributed by atoms with Crippen LogP contribution in [0.15, 0.2) is 24.3 Å². The van der Waals surface area contributed by atoms with Gasteiger partial charge in [-0.05, 0) is 32.0 Å². The fraction of sp³-hybridized carbons (Fsp3) is 0.400. The first-order valence-corrected chi connectivity index (χ1v) is 6.10. The Hall–Kier alpha value is -1.83. The van der Waals surface area contributed by atoms with Crippen LogP contribution in [0.1, 0.15) is 29.8 Å². The largest absolute Gasteiger partial charge is 0.394 e. The minimum Gasteiger partial charge on any atom is -0.394 e. The minimum atomic E-state index is -0.601. The van der Waals surface area contributed by atoms with Gasteiger partial charge < -0.3 is 15.7 Å². The fourth-order valence-electron chi connectivity index (χ4n) is 1.46. The third kappa shape index (κ3) is 3.82. The van der Waals surface area contributed by atoms with Crippen LogP contribution in [0.5, 0.6) is 0 Å². The molecular weight excluding hydrogens is 240 g/mol. The molecule has 0 aliphatic carbocycles. The molecule has 19 heavy (non-hydrogen) atoms. The molecule has 0 unspecified atom stereocenters. The number of aliphatic hydroxyl groups is 1. The van der Waals surface area contributed by atoms with Crippen LogP contribution in [0.3, 0.4) is 0 Å². The summed E-state index contributed by atoms with van der Waals surface area (Å²) in [4.78, 5) is 13.8. The summed E-state index contributed by atoms with van der Waals surface area (Å²) in [5, 5.41) is 9.30. The molecule has 1 rings (SSSR count). The summed E-state index contributed by atoms with van der Waals surface area (Å²) in [5.74, 6) is 5.51. The van der Waals surface area contributed by atoms with E-state index in [0.717, 1.165) is 5.56 Å². The van der Waals surface area contributed by atoms with Gasteiger partial charge in [0, 0.05) is 18.2 Å². The van der Waals surface area contributed by atoms with E-state index in [0.29, 0.717) is 5.56 Å². The number of aliphatic hydroxyl groups excluding tert-OH is 1. The standard InChI is InChI=1S/C15H20N2O2/c1-15(2,11-18)17(3)14(19)13-8-4-6-12(10-13)7-5-9-16/h4,6,8,10,18H,9,11,16H2,1-3H3. The number of benzene rings is 1. The highest BCUT2D eigenvalue weighted by Crippen LogP contribution is 2.16. The van der Waals surface area contributed by atoms with Crippen LogP contribution < -0.4 is 5.73 Å². The Bertz CT molecular complexity index is 512. The summed E-state index contributed by atoms with van der Waals surface area (Å²) in [6.45, 7) is 3.81. The monoisotopic (exact) mass is 260 g/mol.